The van der Waals surface area contributed by atoms with E-state index < -0.39 is 0 Å². The molecule has 2 aromatic rings. The summed E-state index contributed by atoms with van der Waals surface area (Å²) in [6, 6.07) is 7.76. The fourth-order valence-electron chi connectivity index (χ4n) is 2.60. The van der Waals surface area contributed by atoms with Crippen molar-refractivity contribution in [2.45, 2.75) is 39.2 Å². The van der Waals surface area contributed by atoms with Crippen molar-refractivity contribution < 1.29 is 4.79 Å². The van der Waals surface area contributed by atoms with Crippen LogP contribution >= 0.6 is 0 Å². The van der Waals surface area contributed by atoms with E-state index in [2.05, 4.69) is 20.1 Å². The molecule has 0 atom stereocenters. The molecule has 0 spiro atoms. The number of carbonyl (C=O) groups excluding carboxylic acids is 1. The number of anilines is 1. The fraction of sp³-hybridized carbons (Fsp3) is 0.400. The monoisotopic (exact) mass is 270 g/mol. The van der Waals surface area contributed by atoms with Crippen LogP contribution in [0.4, 0.5) is 5.69 Å². The lowest BCUT2D eigenvalue weighted by atomic mass is 10.2. The number of rotatable bonds is 2. The molecule has 0 aliphatic carbocycles. The predicted octanol–water partition coefficient (Wildman–Crippen LogP) is 2.63. The Kier molecular flexibility index (Phi) is 3.50. The maximum absolute atomic E-state index is 11.0. The lowest BCUT2D eigenvalue weighted by Crippen LogP contribution is -2.06. The first kappa shape index (κ1) is 12.8. The van der Waals surface area contributed by atoms with Crippen molar-refractivity contribution in [2.24, 2.45) is 0 Å². The summed E-state index contributed by atoms with van der Waals surface area (Å²) < 4.78 is 2.22. The number of aryl methyl sites for hydroxylation is 1. The van der Waals surface area contributed by atoms with E-state index in [9.17, 15) is 4.79 Å². The molecule has 1 aliphatic heterocycles. The minimum Gasteiger partial charge on any atom is -0.326 e. The Bertz CT molecular complexity index is 615. The van der Waals surface area contributed by atoms with Gasteiger partial charge in [-0.05, 0) is 37.1 Å². The number of hydrogen-bond acceptors (Lipinski definition) is 3. The molecule has 0 unspecified atom stereocenters. The summed E-state index contributed by atoms with van der Waals surface area (Å²) in [5.74, 6) is 1.95. The molecule has 3 rings (SSSR count). The standard InChI is InChI=1S/C15H18N4O/c1-11(20)16-13-8-6-12(7-9-13)15-18-17-14-5-3-2-4-10-19(14)15/h6-9H,2-5,10H2,1H3,(H,16,20). The maximum Gasteiger partial charge on any atom is 0.221 e. The summed E-state index contributed by atoms with van der Waals surface area (Å²) in [4.78, 5) is 11.0. The van der Waals surface area contributed by atoms with Gasteiger partial charge in [0.15, 0.2) is 5.82 Å². The van der Waals surface area contributed by atoms with Crippen molar-refractivity contribution in [3.8, 4) is 11.4 Å². The molecule has 0 saturated heterocycles. The number of nitrogens with zero attached hydrogens (tertiary/aromatic N) is 3. The number of hydrogen-bond donors (Lipinski definition) is 1. The van der Waals surface area contributed by atoms with E-state index in [1.165, 1.54) is 26.2 Å². The van der Waals surface area contributed by atoms with Gasteiger partial charge in [-0.25, -0.2) is 0 Å². The molecule has 0 saturated carbocycles. The van der Waals surface area contributed by atoms with Gasteiger partial charge in [0.05, 0.1) is 0 Å². The Labute approximate surface area is 118 Å². The molecule has 1 aromatic carbocycles. The highest BCUT2D eigenvalue weighted by Crippen LogP contribution is 2.23. The molecule has 20 heavy (non-hydrogen) atoms. The molecule has 1 aromatic heterocycles. The number of carbonyl (C=O) groups is 1. The highest BCUT2D eigenvalue weighted by molar-refractivity contribution is 5.88. The number of aromatic nitrogens is 3. The molecule has 1 aliphatic rings. The number of amides is 1. The van der Waals surface area contributed by atoms with E-state index in [4.69, 9.17) is 0 Å². The predicted molar refractivity (Wildman–Crippen MR) is 77.3 cm³/mol. The first-order valence-corrected chi connectivity index (χ1v) is 7.04. The van der Waals surface area contributed by atoms with Gasteiger partial charge in [0.25, 0.3) is 0 Å². The molecule has 0 radical (unpaired) electrons. The van der Waals surface area contributed by atoms with Crippen molar-refractivity contribution in [1.29, 1.82) is 0 Å². The molecule has 5 heteroatoms. The quantitative estimate of drug-likeness (QED) is 0.912. The van der Waals surface area contributed by atoms with Crippen molar-refractivity contribution in [1.82, 2.24) is 14.8 Å². The third-order valence-corrected chi connectivity index (χ3v) is 3.57. The Hall–Kier alpha value is -2.17. The fourth-order valence-corrected chi connectivity index (χ4v) is 2.60. The zero-order valence-electron chi connectivity index (χ0n) is 11.6. The molecule has 104 valence electrons. The normalized spacial score (nSPS) is 14.4. The van der Waals surface area contributed by atoms with Gasteiger partial charge in [0.2, 0.25) is 5.91 Å². The van der Waals surface area contributed by atoms with Crippen molar-refractivity contribution >= 4 is 11.6 Å². The topological polar surface area (TPSA) is 59.8 Å². The third kappa shape index (κ3) is 2.57. The van der Waals surface area contributed by atoms with Crippen LogP contribution in [0.5, 0.6) is 0 Å². The van der Waals surface area contributed by atoms with Crippen LogP contribution in [0, 0.1) is 0 Å². The largest absolute Gasteiger partial charge is 0.326 e. The molecule has 1 N–H and O–H groups in total. The van der Waals surface area contributed by atoms with Gasteiger partial charge < -0.3 is 9.88 Å². The van der Waals surface area contributed by atoms with E-state index in [0.717, 1.165) is 35.9 Å². The molecule has 2 heterocycles. The van der Waals surface area contributed by atoms with Gasteiger partial charge in [-0.15, -0.1) is 10.2 Å². The zero-order chi connectivity index (χ0) is 13.9. The van der Waals surface area contributed by atoms with Crippen LogP contribution in [0.2, 0.25) is 0 Å². The Morgan fingerprint density at radius 2 is 1.95 bits per heavy atom. The maximum atomic E-state index is 11.0. The van der Waals surface area contributed by atoms with Gasteiger partial charge in [0, 0.05) is 31.1 Å². The second-order valence-electron chi connectivity index (χ2n) is 5.16. The smallest absolute Gasteiger partial charge is 0.221 e. The van der Waals surface area contributed by atoms with E-state index in [0.29, 0.717) is 0 Å². The van der Waals surface area contributed by atoms with Crippen LogP contribution in [-0.2, 0) is 17.8 Å². The van der Waals surface area contributed by atoms with Crippen molar-refractivity contribution in [3.63, 3.8) is 0 Å². The van der Waals surface area contributed by atoms with Crippen molar-refractivity contribution in [3.05, 3.63) is 30.1 Å². The lowest BCUT2D eigenvalue weighted by Gasteiger charge is -2.08. The molecule has 0 bridgehead atoms. The number of nitrogens with one attached hydrogen (secondary N) is 1. The Morgan fingerprint density at radius 3 is 2.70 bits per heavy atom. The lowest BCUT2D eigenvalue weighted by molar-refractivity contribution is -0.114. The summed E-state index contributed by atoms with van der Waals surface area (Å²) in [6.07, 6.45) is 4.64. The van der Waals surface area contributed by atoms with Gasteiger partial charge in [-0.3, -0.25) is 4.79 Å². The van der Waals surface area contributed by atoms with Crippen LogP contribution in [0.3, 0.4) is 0 Å². The third-order valence-electron chi connectivity index (χ3n) is 3.57. The van der Waals surface area contributed by atoms with E-state index >= 15 is 0 Å². The first-order chi connectivity index (χ1) is 9.74. The van der Waals surface area contributed by atoms with E-state index in [-0.39, 0.29) is 5.91 Å². The molecular formula is C15H18N4O. The Balaban J connectivity index is 1.89. The molecule has 5 nitrogen and oxygen atoms in total. The second kappa shape index (κ2) is 5.45. The van der Waals surface area contributed by atoms with Crippen LogP contribution in [-0.4, -0.2) is 20.7 Å². The Morgan fingerprint density at radius 1 is 1.15 bits per heavy atom. The molecular weight excluding hydrogens is 252 g/mol. The van der Waals surface area contributed by atoms with Gasteiger partial charge >= 0.3 is 0 Å². The van der Waals surface area contributed by atoms with Crippen LogP contribution in [0.25, 0.3) is 11.4 Å². The minimum atomic E-state index is -0.0610. The van der Waals surface area contributed by atoms with Crippen molar-refractivity contribution in [2.75, 3.05) is 5.32 Å². The average molecular weight is 270 g/mol. The van der Waals surface area contributed by atoms with Gasteiger partial charge in [-0.1, -0.05) is 6.42 Å². The SMILES string of the molecule is CC(=O)Nc1ccc(-c2nnc3n2CCCCC3)cc1. The van der Waals surface area contributed by atoms with Crippen LogP contribution in [0.1, 0.15) is 32.0 Å². The summed E-state index contributed by atoms with van der Waals surface area (Å²) in [7, 11) is 0. The molecule has 0 fully saturated rings. The van der Waals surface area contributed by atoms with Crippen LogP contribution in [0.15, 0.2) is 24.3 Å². The van der Waals surface area contributed by atoms with Gasteiger partial charge in [-0.2, -0.15) is 0 Å². The summed E-state index contributed by atoms with van der Waals surface area (Å²) in [6.45, 7) is 2.50. The second-order valence-corrected chi connectivity index (χ2v) is 5.16. The highest BCUT2D eigenvalue weighted by atomic mass is 16.1. The van der Waals surface area contributed by atoms with E-state index in [1.54, 1.807) is 0 Å². The van der Waals surface area contributed by atoms with E-state index in [1.807, 2.05) is 24.3 Å². The zero-order valence-corrected chi connectivity index (χ0v) is 11.6. The van der Waals surface area contributed by atoms with Gasteiger partial charge in [0.1, 0.15) is 5.82 Å². The molecule has 1 amide bonds. The number of benzene rings is 1. The minimum absolute atomic E-state index is 0.0610. The highest BCUT2D eigenvalue weighted by Gasteiger charge is 2.15. The number of fused-ring (bicyclic) bond motifs is 1. The summed E-state index contributed by atoms with van der Waals surface area (Å²) >= 11 is 0. The summed E-state index contributed by atoms with van der Waals surface area (Å²) in [5.41, 5.74) is 1.84. The summed E-state index contributed by atoms with van der Waals surface area (Å²) in [5, 5.41) is 11.4. The average Bonchev–Trinajstić information content (AvgIpc) is 2.68. The first-order valence-electron chi connectivity index (χ1n) is 7.04. The van der Waals surface area contributed by atoms with Crippen LogP contribution < -0.4 is 5.32 Å².